The summed E-state index contributed by atoms with van der Waals surface area (Å²) in [7, 11) is 1.59. The van der Waals surface area contributed by atoms with Crippen LogP contribution in [0, 0.1) is 0 Å². The van der Waals surface area contributed by atoms with Crippen LogP contribution in [0.3, 0.4) is 0 Å². The number of benzene rings is 3. The zero-order valence-electron chi connectivity index (χ0n) is 15.6. The molecule has 0 aliphatic rings. The Morgan fingerprint density at radius 1 is 0.897 bits per heavy atom. The number of carbonyl (C=O) groups excluding carboxylic acids is 2. The van der Waals surface area contributed by atoms with Gasteiger partial charge >= 0.3 is 0 Å². The molecule has 0 unspecified atom stereocenters. The van der Waals surface area contributed by atoms with Gasteiger partial charge in [-0.3, -0.25) is 9.59 Å². The number of ether oxygens (including phenoxy) is 1. The highest BCUT2D eigenvalue weighted by atomic mass is 35.5. The van der Waals surface area contributed by atoms with Crippen molar-refractivity contribution < 1.29 is 14.3 Å². The lowest BCUT2D eigenvalue weighted by Gasteiger charge is -2.10. The van der Waals surface area contributed by atoms with Gasteiger partial charge in [0.15, 0.2) is 0 Å². The van der Waals surface area contributed by atoms with Gasteiger partial charge in [0.05, 0.1) is 35.2 Å². The highest BCUT2D eigenvalue weighted by Gasteiger charge is 2.15. The first kappa shape index (κ1) is 20.1. The van der Waals surface area contributed by atoms with Crippen LogP contribution in [0.25, 0.3) is 0 Å². The minimum atomic E-state index is -0.454. The summed E-state index contributed by atoms with van der Waals surface area (Å²) in [6.07, 6.45) is 1.52. The van der Waals surface area contributed by atoms with E-state index in [1.807, 2.05) is 12.1 Å². The highest BCUT2D eigenvalue weighted by Crippen LogP contribution is 2.20. The number of para-hydroxylation sites is 1. The number of rotatable bonds is 6. The standard InChI is InChI=1S/C22H18ClN3O3/c1-29-16-12-10-15(11-13-16)14-24-26-22(28)18-7-3-5-9-20(18)25-21(27)17-6-2-4-8-19(17)23/h2-14H,1H3,(H,25,27)(H,26,28)/b24-14+. The van der Waals surface area contributed by atoms with Gasteiger partial charge in [0.25, 0.3) is 11.8 Å². The molecule has 0 aliphatic carbocycles. The van der Waals surface area contributed by atoms with E-state index >= 15 is 0 Å². The van der Waals surface area contributed by atoms with Gasteiger partial charge in [-0.1, -0.05) is 35.9 Å². The van der Waals surface area contributed by atoms with E-state index in [1.54, 1.807) is 67.8 Å². The van der Waals surface area contributed by atoms with Gasteiger partial charge in [0.2, 0.25) is 0 Å². The number of amides is 2. The van der Waals surface area contributed by atoms with Crippen LogP contribution in [0.15, 0.2) is 77.9 Å². The molecule has 2 amide bonds. The molecule has 7 heteroatoms. The number of nitrogens with one attached hydrogen (secondary N) is 2. The third kappa shape index (κ3) is 5.21. The Kier molecular flexibility index (Phi) is 6.60. The molecule has 0 bridgehead atoms. The van der Waals surface area contributed by atoms with Crippen molar-refractivity contribution in [2.75, 3.05) is 12.4 Å². The average Bonchev–Trinajstić information content (AvgIpc) is 2.74. The zero-order valence-corrected chi connectivity index (χ0v) is 16.3. The van der Waals surface area contributed by atoms with Gasteiger partial charge in [0, 0.05) is 0 Å². The predicted molar refractivity (Wildman–Crippen MR) is 114 cm³/mol. The largest absolute Gasteiger partial charge is 0.497 e. The Balaban J connectivity index is 1.70. The van der Waals surface area contributed by atoms with Crippen LogP contribution in [0.5, 0.6) is 5.75 Å². The molecule has 146 valence electrons. The van der Waals surface area contributed by atoms with E-state index in [0.717, 1.165) is 11.3 Å². The summed E-state index contributed by atoms with van der Waals surface area (Å²) in [6.45, 7) is 0. The first-order chi connectivity index (χ1) is 14.1. The smallest absolute Gasteiger partial charge is 0.273 e. The molecule has 29 heavy (non-hydrogen) atoms. The van der Waals surface area contributed by atoms with Crippen LogP contribution in [-0.4, -0.2) is 25.1 Å². The predicted octanol–water partition coefficient (Wildman–Crippen LogP) is 4.36. The second-order valence-corrected chi connectivity index (χ2v) is 6.36. The summed E-state index contributed by atoms with van der Waals surface area (Å²) in [5.41, 5.74) is 4.22. The Hall–Kier alpha value is -3.64. The molecule has 0 saturated carbocycles. The van der Waals surface area contributed by atoms with Crippen molar-refractivity contribution in [3.63, 3.8) is 0 Å². The van der Waals surface area contributed by atoms with E-state index in [1.165, 1.54) is 6.21 Å². The molecule has 0 radical (unpaired) electrons. The van der Waals surface area contributed by atoms with Crippen LogP contribution in [-0.2, 0) is 0 Å². The maximum absolute atomic E-state index is 12.5. The number of methoxy groups -OCH3 is 1. The third-order valence-electron chi connectivity index (χ3n) is 4.03. The van der Waals surface area contributed by atoms with Gasteiger partial charge in [-0.15, -0.1) is 0 Å². The van der Waals surface area contributed by atoms with Crippen molar-refractivity contribution in [1.82, 2.24) is 5.43 Å². The molecule has 0 heterocycles. The number of halogens is 1. The van der Waals surface area contributed by atoms with Gasteiger partial charge < -0.3 is 10.1 Å². The number of hydrazone groups is 1. The van der Waals surface area contributed by atoms with Gasteiger partial charge in [-0.05, 0) is 54.1 Å². The quantitative estimate of drug-likeness (QED) is 0.470. The zero-order chi connectivity index (χ0) is 20.6. The molecule has 0 saturated heterocycles. The Labute approximate surface area is 173 Å². The van der Waals surface area contributed by atoms with E-state index in [-0.39, 0.29) is 5.56 Å². The van der Waals surface area contributed by atoms with Crippen LogP contribution in [0.4, 0.5) is 5.69 Å². The molecular formula is C22H18ClN3O3. The number of hydrogen-bond acceptors (Lipinski definition) is 4. The number of anilines is 1. The van der Waals surface area contributed by atoms with Crippen molar-refractivity contribution >= 4 is 35.3 Å². The lowest BCUT2D eigenvalue weighted by Crippen LogP contribution is -2.21. The number of carbonyl (C=O) groups is 2. The molecule has 0 fully saturated rings. The summed E-state index contributed by atoms with van der Waals surface area (Å²) in [5, 5.41) is 7.02. The van der Waals surface area contributed by atoms with Crippen LogP contribution in [0.1, 0.15) is 26.3 Å². The molecule has 0 atom stereocenters. The SMILES string of the molecule is COc1ccc(/C=N/NC(=O)c2ccccc2NC(=O)c2ccccc2Cl)cc1. The van der Waals surface area contributed by atoms with Crippen LogP contribution >= 0.6 is 11.6 Å². The van der Waals surface area contributed by atoms with Crippen molar-refractivity contribution in [3.8, 4) is 5.75 Å². The molecule has 3 aromatic rings. The van der Waals surface area contributed by atoms with E-state index in [2.05, 4.69) is 15.8 Å². The molecule has 3 aromatic carbocycles. The molecule has 0 aliphatic heterocycles. The maximum atomic E-state index is 12.5. The Bertz CT molecular complexity index is 1050. The minimum Gasteiger partial charge on any atom is -0.497 e. The number of nitrogens with zero attached hydrogens (tertiary/aromatic N) is 1. The summed E-state index contributed by atoms with van der Waals surface area (Å²) in [5.74, 6) is -0.128. The third-order valence-corrected chi connectivity index (χ3v) is 4.36. The monoisotopic (exact) mass is 407 g/mol. The fourth-order valence-electron chi connectivity index (χ4n) is 2.54. The van der Waals surface area contributed by atoms with Crippen molar-refractivity contribution in [3.05, 3.63) is 94.5 Å². The van der Waals surface area contributed by atoms with Crippen molar-refractivity contribution in [1.29, 1.82) is 0 Å². The topological polar surface area (TPSA) is 79.8 Å². The minimum absolute atomic E-state index is 0.278. The average molecular weight is 408 g/mol. The van der Waals surface area contributed by atoms with Crippen molar-refractivity contribution in [2.24, 2.45) is 5.10 Å². The second kappa shape index (κ2) is 9.52. The number of hydrogen-bond donors (Lipinski definition) is 2. The fourth-order valence-corrected chi connectivity index (χ4v) is 2.76. The van der Waals surface area contributed by atoms with E-state index in [0.29, 0.717) is 16.3 Å². The normalized spacial score (nSPS) is 10.6. The molecular weight excluding hydrogens is 390 g/mol. The Morgan fingerprint density at radius 2 is 1.55 bits per heavy atom. The summed E-state index contributed by atoms with van der Waals surface area (Å²) in [4.78, 5) is 25.0. The van der Waals surface area contributed by atoms with Crippen molar-refractivity contribution in [2.45, 2.75) is 0 Å². The highest BCUT2D eigenvalue weighted by molar-refractivity contribution is 6.34. The van der Waals surface area contributed by atoms with E-state index < -0.39 is 11.8 Å². The Morgan fingerprint density at radius 3 is 2.24 bits per heavy atom. The molecule has 0 aromatic heterocycles. The summed E-state index contributed by atoms with van der Waals surface area (Å²) < 4.78 is 5.10. The van der Waals surface area contributed by atoms with E-state index in [9.17, 15) is 9.59 Å². The lowest BCUT2D eigenvalue weighted by atomic mass is 10.1. The van der Waals surface area contributed by atoms with Crippen LogP contribution < -0.4 is 15.5 Å². The summed E-state index contributed by atoms with van der Waals surface area (Å²) in [6, 6.07) is 20.6. The summed E-state index contributed by atoms with van der Waals surface area (Å²) >= 11 is 6.07. The molecule has 6 nitrogen and oxygen atoms in total. The second-order valence-electron chi connectivity index (χ2n) is 5.95. The van der Waals surface area contributed by atoms with Crippen LogP contribution in [0.2, 0.25) is 5.02 Å². The fraction of sp³-hybridized carbons (Fsp3) is 0.0455. The molecule has 2 N–H and O–H groups in total. The van der Waals surface area contributed by atoms with Gasteiger partial charge in [-0.25, -0.2) is 5.43 Å². The molecule has 3 rings (SSSR count). The van der Waals surface area contributed by atoms with E-state index in [4.69, 9.17) is 16.3 Å². The maximum Gasteiger partial charge on any atom is 0.273 e. The lowest BCUT2D eigenvalue weighted by molar-refractivity contribution is 0.0956. The first-order valence-corrected chi connectivity index (χ1v) is 9.08. The van der Waals surface area contributed by atoms with Gasteiger partial charge in [0.1, 0.15) is 5.75 Å². The first-order valence-electron chi connectivity index (χ1n) is 8.71. The van der Waals surface area contributed by atoms with Gasteiger partial charge in [-0.2, -0.15) is 5.10 Å². The molecule has 0 spiro atoms.